The first-order chi connectivity index (χ1) is 22.1. The minimum atomic E-state index is -0.0822. The van der Waals surface area contributed by atoms with E-state index in [0.29, 0.717) is 16.0 Å². The van der Waals surface area contributed by atoms with Crippen LogP contribution in [0.25, 0.3) is 22.4 Å². The molecule has 0 spiro atoms. The highest BCUT2D eigenvalue weighted by atomic mass is 32.2. The SMILES string of the molecule is CSc1nn[nH]n1.Cc1ccc(-c2nn[nH]n2)cc1.S=C1NN=NC1c1ccccc1.c1ccc2oncc2c1.c1cnoc1. The predicted molar refractivity (Wildman–Crippen MR) is 171 cm³/mol. The van der Waals surface area contributed by atoms with E-state index in [9.17, 15) is 0 Å². The Morgan fingerprint density at radius 3 is 2.13 bits per heavy atom. The third-order valence-corrected chi connectivity index (χ3v) is 6.32. The molecule has 3 N–H and O–H groups in total. The molecule has 1 atom stereocenters. The van der Waals surface area contributed by atoms with Gasteiger partial charge in [-0.1, -0.05) is 112 Å². The second-order valence-corrected chi connectivity index (χ2v) is 9.77. The molecule has 0 radical (unpaired) electrons. The van der Waals surface area contributed by atoms with Gasteiger partial charge in [-0.15, -0.1) is 20.4 Å². The lowest BCUT2D eigenvalue weighted by molar-refractivity contribution is 0.420. The van der Waals surface area contributed by atoms with Gasteiger partial charge >= 0.3 is 0 Å². The van der Waals surface area contributed by atoms with E-state index in [1.54, 1.807) is 18.5 Å². The van der Waals surface area contributed by atoms with Crippen molar-refractivity contribution in [2.75, 3.05) is 6.26 Å². The molecule has 4 aromatic heterocycles. The predicted octanol–water partition coefficient (Wildman–Crippen LogP) is 5.62. The molecule has 3 aromatic carbocycles. The molecule has 0 saturated heterocycles. The Kier molecular flexibility index (Phi) is 13.0. The fourth-order valence-corrected chi connectivity index (χ4v) is 3.79. The molecule has 0 fully saturated rings. The molecule has 1 unspecified atom stereocenters. The van der Waals surface area contributed by atoms with Crippen molar-refractivity contribution in [2.45, 2.75) is 18.1 Å². The van der Waals surface area contributed by atoms with Crippen LogP contribution in [0.1, 0.15) is 17.2 Å². The molecular formula is C28H27N13O2S2. The number of H-pyrrole nitrogens is 2. The van der Waals surface area contributed by atoms with E-state index in [-0.39, 0.29) is 6.04 Å². The fraction of sp³-hybridized carbons (Fsp3) is 0.107. The molecular weight excluding hydrogens is 615 g/mol. The third-order valence-electron chi connectivity index (χ3n) is 5.47. The third kappa shape index (κ3) is 10.8. The molecule has 0 amide bonds. The number of fused-ring (bicyclic) bond motifs is 1. The number of hydrogen-bond donors (Lipinski definition) is 3. The minimum Gasteiger partial charge on any atom is -0.365 e. The summed E-state index contributed by atoms with van der Waals surface area (Å²) in [6, 6.07) is 27.2. The van der Waals surface area contributed by atoms with Gasteiger partial charge in [0.05, 0.1) is 12.4 Å². The molecule has 8 rings (SSSR count). The number of para-hydroxylation sites is 1. The molecule has 1 aliphatic heterocycles. The Morgan fingerprint density at radius 2 is 1.58 bits per heavy atom. The number of rotatable bonds is 3. The maximum Gasteiger partial charge on any atom is 0.230 e. The van der Waals surface area contributed by atoms with Crippen LogP contribution < -0.4 is 5.43 Å². The van der Waals surface area contributed by atoms with Crippen LogP contribution in [-0.4, -0.2) is 62.8 Å². The average Bonchev–Trinajstić information content (AvgIpc) is 3.94. The van der Waals surface area contributed by atoms with Gasteiger partial charge in [0.15, 0.2) is 5.58 Å². The molecule has 5 heterocycles. The molecule has 45 heavy (non-hydrogen) atoms. The Hall–Kier alpha value is -5.68. The maximum atomic E-state index is 5.02. The zero-order valence-corrected chi connectivity index (χ0v) is 25.6. The topological polar surface area (TPSA) is 198 Å². The van der Waals surface area contributed by atoms with Crippen LogP contribution in [0.15, 0.2) is 128 Å². The number of thiocarbonyl (C=S) groups is 1. The summed E-state index contributed by atoms with van der Waals surface area (Å²) in [6.07, 6.45) is 6.69. The van der Waals surface area contributed by atoms with Gasteiger partial charge in [-0.2, -0.15) is 15.5 Å². The number of hydrogen-bond acceptors (Lipinski definition) is 14. The van der Waals surface area contributed by atoms with E-state index >= 15 is 0 Å². The van der Waals surface area contributed by atoms with Crippen molar-refractivity contribution < 1.29 is 9.05 Å². The second-order valence-electron chi connectivity index (χ2n) is 8.56. The Morgan fingerprint density at radius 1 is 0.822 bits per heavy atom. The van der Waals surface area contributed by atoms with Gasteiger partial charge in [0.25, 0.3) is 0 Å². The summed E-state index contributed by atoms with van der Waals surface area (Å²) < 4.78 is 9.20. The van der Waals surface area contributed by atoms with Crippen LogP contribution in [0, 0.1) is 6.92 Å². The quantitative estimate of drug-likeness (QED) is 0.159. The molecule has 15 nitrogen and oxygen atoms in total. The van der Waals surface area contributed by atoms with Crippen molar-refractivity contribution in [2.24, 2.45) is 10.3 Å². The van der Waals surface area contributed by atoms with Crippen LogP contribution in [0.5, 0.6) is 0 Å². The largest absolute Gasteiger partial charge is 0.365 e. The average molecular weight is 642 g/mol. The summed E-state index contributed by atoms with van der Waals surface area (Å²) in [5.41, 5.74) is 6.79. The Balaban J connectivity index is 0.000000132. The maximum absolute atomic E-state index is 5.02. The van der Waals surface area contributed by atoms with Gasteiger partial charge in [0.1, 0.15) is 17.3 Å². The number of nitrogens with zero attached hydrogens (tertiary/aromatic N) is 10. The summed E-state index contributed by atoms with van der Waals surface area (Å²) >= 11 is 6.48. The van der Waals surface area contributed by atoms with Crippen molar-refractivity contribution in [3.05, 3.63) is 115 Å². The highest BCUT2D eigenvalue weighted by molar-refractivity contribution is 7.98. The van der Waals surface area contributed by atoms with E-state index in [1.807, 2.05) is 92.0 Å². The Labute approximate surface area is 266 Å². The number of aromatic amines is 2. The van der Waals surface area contributed by atoms with Crippen LogP contribution in [-0.2, 0) is 0 Å². The monoisotopic (exact) mass is 641 g/mol. The first-order valence-corrected chi connectivity index (χ1v) is 14.7. The molecule has 1 aliphatic rings. The van der Waals surface area contributed by atoms with Crippen molar-refractivity contribution >= 4 is 39.9 Å². The van der Waals surface area contributed by atoms with Gasteiger partial charge in [-0.25, -0.2) is 0 Å². The summed E-state index contributed by atoms with van der Waals surface area (Å²) in [6.45, 7) is 2.04. The van der Waals surface area contributed by atoms with Crippen LogP contribution >= 0.6 is 24.0 Å². The summed E-state index contributed by atoms with van der Waals surface area (Å²) in [5.74, 6) is 0.634. The molecule has 228 valence electrons. The Bertz CT molecular complexity index is 1750. The lowest BCUT2D eigenvalue weighted by Gasteiger charge is -2.03. The van der Waals surface area contributed by atoms with E-state index in [0.717, 1.165) is 22.1 Å². The lowest BCUT2D eigenvalue weighted by Crippen LogP contribution is -2.14. The number of aromatic nitrogens is 10. The summed E-state index contributed by atoms with van der Waals surface area (Å²) in [4.78, 5) is 0.668. The number of nitrogens with one attached hydrogen (secondary N) is 3. The highest BCUT2D eigenvalue weighted by Gasteiger charge is 2.19. The van der Waals surface area contributed by atoms with Crippen molar-refractivity contribution in [3.8, 4) is 11.4 Å². The van der Waals surface area contributed by atoms with Gasteiger partial charge in [-0.05, 0) is 47.4 Å². The first kappa shape index (κ1) is 32.2. The van der Waals surface area contributed by atoms with Crippen LogP contribution in [0.2, 0.25) is 0 Å². The fourth-order valence-electron chi connectivity index (χ4n) is 3.31. The molecule has 7 aromatic rings. The second kappa shape index (κ2) is 18.1. The zero-order chi connectivity index (χ0) is 31.5. The standard InChI is InChI=1S/C8H8N4.C8H7N3S.C7H5NO.C3H3NO.C2H4N4S/c1-6-2-4-7(5-3-6)8-9-11-12-10-8;12-8-7(9-11-10-8)6-4-2-1-3-5-6;1-2-4-7-6(3-1)5-8-9-7;1-2-4-5-3-1;1-7-2-3-5-6-4-2/h2-5H,1H3,(H,9,10,11,12);1-5,7H,(H,9,10,12);1-5H;1-3H;1H3,(H,3,4,5,6). The molecule has 0 aliphatic carbocycles. The van der Waals surface area contributed by atoms with E-state index in [1.165, 1.54) is 23.6 Å². The molecule has 0 bridgehead atoms. The molecule has 0 saturated carbocycles. The van der Waals surface area contributed by atoms with E-state index in [2.05, 4.69) is 71.8 Å². The lowest BCUT2D eigenvalue weighted by atomic mass is 10.1. The van der Waals surface area contributed by atoms with Crippen molar-refractivity contribution in [1.29, 1.82) is 0 Å². The smallest absolute Gasteiger partial charge is 0.230 e. The van der Waals surface area contributed by atoms with E-state index < -0.39 is 0 Å². The summed E-state index contributed by atoms with van der Waals surface area (Å²) in [7, 11) is 0. The number of benzene rings is 3. The highest BCUT2D eigenvalue weighted by Crippen LogP contribution is 2.21. The van der Waals surface area contributed by atoms with Gasteiger partial charge < -0.3 is 9.05 Å². The van der Waals surface area contributed by atoms with Gasteiger partial charge in [-0.3, -0.25) is 5.43 Å². The van der Waals surface area contributed by atoms with Crippen LogP contribution in [0.3, 0.4) is 0 Å². The van der Waals surface area contributed by atoms with Crippen molar-refractivity contribution in [1.82, 2.24) is 57.0 Å². The molecule has 17 heteroatoms. The van der Waals surface area contributed by atoms with Crippen LogP contribution in [0.4, 0.5) is 0 Å². The van der Waals surface area contributed by atoms with Gasteiger partial charge in [0.2, 0.25) is 11.0 Å². The van der Waals surface area contributed by atoms with Crippen molar-refractivity contribution in [3.63, 3.8) is 0 Å². The minimum absolute atomic E-state index is 0.0822. The first-order valence-electron chi connectivity index (χ1n) is 13.1. The number of tetrazole rings is 2. The summed E-state index contributed by atoms with van der Waals surface area (Å²) in [5, 5.41) is 42.9. The zero-order valence-electron chi connectivity index (χ0n) is 24.0. The number of thioether (sulfide) groups is 1. The number of aryl methyl sites for hydroxylation is 1. The van der Waals surface area contributed by atoms with E-state index in [4.69, 9.17) is 16.7 Å². The normalized spacial score (nSPS) is 12.7. The van der Waals surface area contributed by atoms with Gasteiger partial charge in [0, 0.05) is 10.9 Å².